The number of amides is 1. The molecule has 92 valence electrons. The van der Waals surface area contributed by atoms with Gasteiger partial charge in [0.2, 0.25) is 0 Å². The highest BCUT2D eigenvalue weighted by atomic mass is 35.5. The summed E-state index contributed by atoms with van der Waals surface area (Å²) in [5, 5.41) is 13.3. The second-order valence-electron chi connectivity index (χ2n) is 4.28. The quantitative estimate of drug-likeness (QED) is 0.511. The highest BCUT2D eigenvalue weighted by molar-refractivity contribution is 6.18. The second-order valence-corrected chi connectivity index (χ2v) is 4.55. The van der Waals surface area contributed by atoms with Crippen LogP contribution in [-0.2, 0) is 0 Å². The monoisotopic (exact) mass is 256 g/mol. The number of benzene rings is 1. The van der Waals surface area contributed by atoms with E-state index in [0.717, 1.165) is 0 Å². The van der Waals surface area contributed by atoms with E-state index in [9.17, 15) is 14.9 Å². The zero-order valence-corrected chi connectivity index (χ0v) is 10.3. The van der Waals surface area contributed by atoms with Gasteiger partial charge >= 0.3 is 0 Å². The van der Waals surface area contributed by atoms with E-state index in [4.69, 9.17) is 11.6 Å². The Balaban J connectivity index is 2.90. The summed E-state index contributed by atoms with van der Waals surface area (Å²) in [6, 6.07) is 5.57. The SMILES string of the molecule is CC(C)(CCl)NC(=O)c1cccc([N+](=O)[O-])c1. The zero-order chi connectivity index (χ0) is 13.1. The van der Waals surface area contributed by atoms with Crippen LogP contribution in [0, 0.1) is 10.1 Å². The number of carbonyl (C=O) groups is 1. The number of nitro groups is 1. The summed E-state index contributed by atoms with van der Waals surface area (Å²) in [6.45, 7) is 3.55. The van der Waals surface area contributed by atoms with Gasteiger partial charge in [0.15, 0.2) is 0 Å². The molecule has 0 fully saturated rings. The summed E-state index contributed by atoms with van der Waals surface area (Å²) in [5.74, 6) is -0.118. The average Bonchev–Trinajstić information content (AvgIpc) is 2.28. The van der Waals surface area contributed by atoms with Crippen LogP contribution >= 0.6 is 11.6 Å². The van der Waals surface area contributed by atoms with Crippen molar-refractivity contribution in [3.05, 3.63) is 39.9 Å². The normalized spacial score (nSPS) is 11.0. The summed E-state index contributed by atoms with van der Waals surface area (Å²) in [5.41, 5.74) is -0.415. The van der Waals surface area contributed by atoms with E-state index in [-0.39, 0.29) is 23.0 Å². The second kappa shape index (κ2) is 5.14. The van der Waals surface area contributed by atoms with Gasteiger partial charge in [0.05, 0.1) is 4.92 Å². The minimum atomic E-state index is -0.552. The van der Waals surface area contributed by atoms with Crippen molar-refractivity contribution in [1.82, 2.24) is 5.32 Å². The standard InChI is InChI=1S/C11H13ClN2O3/c1-11(2,7-12)13-10(15)8-4-3-5-9(6-8)14(16)17/h3-6H,7H2,1-2H3,(H,13,15). The van der Waals surface area contributed by atoms with Crippen molar-refractivity contribution in [2.45, 2.75) is 19.4 Å². The molecule has 17 heavy (non-hydrogen) atoms. The Morgan fingerprint density at radius 2 is 2.18 bits per heavy atom. The van der Waals surface area contributed by atoms with Gasteiger partial charge in [0.1, 0.15) is 0 Å². The number of carbonyl (C=O) groups excluding carboxylic acids is 1. The Morgan fingerprint density at radius 1 is 1.53 bits per heavy atom. The maximum Gasteiger partial charge on any atom is 0.270 e. The number of rotatable bonds is 4. The predicted octanol–water partition coefficient (Wildman–Crippen LogP) is 2.34. The molecule has 0 aliphatic carbocycles. The first-order valence-electron chi connectivity index (χ1n) is 4.99. The minimum Gasteiger partial charge on any atom is -0.346 e. The fourth-order valence-electron chi connectivity index (χ4n) is 1.17. The molecule has 1 rings (SSSR count). The van der Waals surface area contributed by atoms with Crippen LogP contribution in [0.15, 0.2) is 24.3 Å². The van der Waals surface area contributed by atoms with Crippen LogP contribution in [0.3, 0.4) is 0 Å². The lowest BCUT2D eigenvalue weighted by Gasteiger charge is -2.23. The molecule has 0 heterocycles. The van der Waals surface area contributed by atoms with Gasteiger partial charge in [-0.25, -0.2) is 0 Å². The van der Waals surface area contributed by atoms with Crippen LogP contribution in [0.1, 0.15) is 24.2 Å². The molecule has 1 N–H and O–H groups in total. The maximum atomic E-state index is 11.8. The van der Waals surface area contributed by atoms with Gasteiger partial charge in [-0.2, -0.15) is 0 Å². The average molecular weight is 257 g/mol. The van der Waals surface area contributed by atoms with Crippen molar-refractivity contribution in [1.29, 1.82) is 0 Å². The Kier molecular flexibility index (Phi) is 4.07. The first-order valence-corrected chi connectivity index (χ1v) is 5.52. The molecule has 0 aliphatic rings. The predicted molar refractivity (Wildman–Crippen MR) is 65.4 cm³/mol. The number of alkyl halides is 1. The third kappa shape index (κ3) is 3.71. The largest absolute Gasteiger partial charge is 0.346 e. The number of nitrogens with one attached hydrogen (secondary N) is 1. The van der Waals surface area contributed by atoms with E-state index in [0.29, 0.717) is 0 Å². The van der Waals surface area contributed by atoms with E-state index in [2.05, 4.69) is 5.32 Å². The van der Waals surface area contributed by atoms with Crippen molar-refractivity contribution < 1.29 is 9.72 Å². The number of halogens is 1. The first kappa shape index (κ1) is 13.4. The molecule has 1 aromatic carbocycles. The molecule has 1 amide bonds. The van der Waals surface area contributed by atoms with Crippen molar-refractivity contribution >= 4 is 23.2 Å². The van der Waals surface area contributed by atoms with E-state index in [1.165, 1.54) is 24.3 Å². The summed E-state index contributed by atoms with van der Waals surface area (Å²) < 4.78 is 0. The Labute approximate surface area is 104 Å². The highest BCUT2D eigenvalue weighted by Gasteiger charge is 2.20. The smallest absolute Gasteiger partial charge is 0.270 e. The van der Waals surface area contributed by atoms with Crippen LogP contribution in [-0.4, -0.2) is 22.2 Å². The molecule has 0 saturated heterocycles. The Bertz CT molecular complexity index is 446. The number of nitrogens with zero attached hydrogens (tertiary/aromatic N) is 1. The number of nitro benzene ring substituents is 1. The lowest BCUT2D eigenvalue weighted by molar-refractivity contribution is -0.384. The van der Waals surface area contributed by atoms with Crippen LogP contribution < -0.4 is 5.32 Å². The summed E-state index contributed by atoms with van der Waals surface area (Å²) in [4.78, 5) is 21.8. The molecular weight excluding hydrogens is 244 g/mol. The molecule has 0 aliphatic heterocycles. The molecular formula is C11H13ClN2O3. The Morgan fingerprint density at radius 3 is 2.71 bits per heavy atom. The molecule has 1 aromatic rings. The van der Waals surface area contributed by atoms with E-state index >= 15 is 0 Å². The highest BCUT2D eigenvalue weighted by Crippen LogP contribution is 2.14. The van der Waals surface area contributed by atoms with Gasteiger partial charge in [-0.1, -0.05) is 6.07 Å². The molecule has 0 saturated carbocycles. The van der Waals surface area contributed by atoms with E-state index in [1.54, 1.807) is 13.8 Å². The molecule has 0 bridgehead atoms. The molecule has 0 aromatic heterocycles. The van der Waals surface area contributed by atoms with Gasteiger partial charge in [-0.05, 0) is 19.9 Å². The van der Waals surface area contributed by atoms with Crippen LogP contribution in [0.5, 0.6) is 0 Å². The molecule has 0 radical (unpaired) electrons. The molecule has 0 spiro atoms. The van der Waals surface area contributed by atoms with E-state index in [1.807, 2.05) is 0 Å². The Hall–Kier alpha value is -1.62. The van der Waals surface area contributed by atoms with Gasteiger partial charge in [0.25, 0.3) is 11.6 Å². The fraction of sp³-hybridized carbons (Fsp3) is 0.364. The van der Waals surface area contributed by atoms with Crippen molar-refractivity contribution in [3.63, 3.8) is 0 Å². The van der Waals surface area contributed by atoms with Gasteiger partial charge in [0, 0.05) is 29.1 Å². The molecule has 6 heteroatoms. The van der Waals surface area contributed by atoms with E-state index < -0.39 is 10.5 Å². The van der Waals surface area contributed by atoms with Gasteiger partial charge in [-0.3, -0.25) is 14.9 Å². The summed E-state index contributed by atoms with van der Waals surface area (Å²) >= 11 is 5.68. The third-order valence-electron chi connectivity index (χ3n) is 2.11. The topological polar surface area (TPSA) is 72.2 Å². The number of non-ortho nitro benzene ring substituents is 1. The van der Waals surface area contributed by atoms with Crippen molar-refractivity contribution in [2.24, 2.45) is 0 Å². The molecule has 5 nitrogen and oxygen atoms in total. The zero-order valence-electron chi connectivity index (χ0n) is 9.57. The lowest BCUT2D eigenvalue weighted by Crippen LogP contribution is -2.44. The fourth-order valence-corrected chi connectivity index (χ4v) is 1.24. The van der Waals surface area contributed by atoms with Crippen LogP contribution in [0.4, 0.5) is 5.69 Å². The minimum absolute atomic E-state index is 0.110. The lowest BCUT2D eigenvalue weighted by atomic mass is 10.1. The molecule has 0 atom stereocenters. The maximum absolute atomic E-state index is 11.8. The third-order valence-corrected chi connectivity index (χ3v) is 2.77. The van der Waals surface area contributed by atoms with Crippen molar-refractivity contribution in [2.75, 3.05) is 5.88 Å². The summed E-state index contributed by atoms with van der Waals surface area (Å²) in [7, 11) is 0. The van der Waals surface area contributed by atoms with Crippen molar-refractivity contribution in [3.8, 4) is 0 Å². The van der Waals surface area contributed by atoms with Crippen LogP contribution in [0.25, 0.3) is 0 Å². The van der Waals surface area contributed by atoms with Crippen LogP contribution in [0.2, 0.25) is 0 Å². The molecule has 0 unspecified atom stereocenters. The summed E-state index contributed by atoms with van der Waals surface area (Å²) in [6.07, 6.45) is 0. The van der Waals surface area contributed by atoms with Gasteiger partial charge in [-0.15, -0.1) is 11.6 Å². The van der Waals surface area contributed by atoms with Gasteiger partial charge < -0.3 is 5.32 Å². The number of hydrogen-bond acceptors (Lipinski definition) is 3. The first-order chi connectivity index (χ1) is 7.85. The number of hydrogen-bond donors (Lipinski definition) is 1.